The number of pyridine rings is 1. The van der Waals surface area contributed by atoms with Crippen LogP contribution in [0.1, 0.15) is 44.7 Å². The molecule has 0 aliphatic heterocycles. The summed E-state index contributed by atoms with van der Waals surface area (Å²) < 4.78 is 0. The van der Waals surface area contributed by atoms with Crippen molar-refractivity contribution in [2.75, 3.05) is 6.54 Å². The molecule has 1 saturated carbocycles. The molecule has 0 bridgehead atoms. The molecule has 112 valence electrons. The Labute approximate surface area is 128 Å². The van der Waals surface area contributed by atoms with Gasteiger partial charge in [-0.1, -0.05) is 44.0 Å². The molecule has 1 aliphatic rings. The van der Waals surface area contributed by atoms with Gasteiger partial charge in [0.25, 0.3) is 0 Å². The highest BCUT2D eigenvalue weighted by atomic mass is 14.9. The largest absolute Gasteiger partial charge is 0.314 e. The minimum atomic E-state index is 0.687. The Hall–Kier alpha value is -1.41. The predicted octanol–water partition coefficient (Wildman–Crippen LogP) is 4.34. The first-order valence-electron chi connectivity index (χ1n) is 8.45. The van der Waals surface area contributed by atoms with E-state index in [2.05, 4.69) is 48.6 Å². The van der Waals surface area contributed by atoms with Crippen LogP contribution in [0.15, 0.2) is 36.4 Å². The van der Waals surface area contributed by atoms with Gasteiger partial charge in [0.15, 0.2) is 0 Å². The number of nitrogens with one attached hydrogen (secondary N) is 1. The van der Waals surface area contributed by atoms with Crippen molar-refractivity contribution in [3.63, 3.8) is 0 Å². The first kappa shape index (κ1) is 14.5. The number of hydrogen-bond donors (Lipinski definition) is 1. The minimum absolute atomic E-state index is 0.687. The van der Waals surface area contributed by atoms with E-state index >= 15 is 0 Å². The SMILES string of the molecule is CCCNC1CCCCC1Cc1ccc2ccccc2n1. The van der Waals surface area contributed by atoms with Crippen molar-refractivity contribution >= 4 is 10.9 Å². The molecule has 3 rings (SSSR count). The van der Waals surface area contributed by atoms with Gasteiger partial charge in [-0.05, 0) is 50.3 Å². The summed E-state index contributed by atoms with van der Waals surface area (Å²) in [6.07, 6.45) is 7.77. The lowest BCUT2D eigenvalue weighted by Gasteiger charge is -2.32. The zero-order valence-corrected chi connectivity index (χ0v) is 13.0. The summed E-state index contributed by atoms with van der Waals surface area (Å²) in [5, 5.41) is 4.99. The Morgan fingerprint density at radius 3 is 2.86 bits per heavy atom. The molecule has 1 fully saturated rings. The van der Waals surface area contributed by atoms with Gasteiger partial charge in [-0.25, -0.2) is 0 Å². The van der Waals surface area contributed by atoms with Gasteiger partial charge in [-0.15, -0.1) is 0 Å². The molecule has 0 spiro atoms. The number of benzene rings is 1. The molecule has 2 nitrogen and oxygen atoms in total. The van der Waals surface area contributed by atoms with Crippen molar-refractivity contribution in [3.8, 4) is 0 Å². The fraction of sp³-hybridized carbons (Fsp3) is 0.526. The Kier molecular flexibility index (Phi) is 4.87. The van der Waals surface area contributed by atoms with Crippen LogP contribution in [-0.2, 0) is 6.42 Å². The second-order valence-electron chi connectivity index (χ2n) is 6.30. The maximum atomic E-state index is 4.86. The lowest BCUT2D eigenvalue weighted by molar-refractivity contribution is 0.260. The average molecular weight is 282 g/mol. The summed E-state index contributed by atoms with van der Waals surface area (Å²) in [6.45, 7) is 3.39. The number of nitrogens with zero attached hydrogens (tertiary/aromatic N) is 1. The van der Waals surface area contributed by atoms with E-state index in [1.54, 1.807) is 0 Å². The van der Waals surface area contributed by atoms with Crippen molar-refractivity contribution in [1.29, 1.82) is 0 Å². The maximum Gasteiger partial charge on any atom is 0.0705 e. The van der Waals surface area contributed by atoms with E-state index in [0.717, 1.165) is 24.4 Å². The maximum absolute atomic E-state index is 4.86. The minimum Gasteiger partial charge on any atom is -0.314 e. The first-order valence-corrected chi connectivity index (χ1v) is 8.45. The van der Waals surface area contributed by atoms with Gasteiger partial charge in [0, 0.05) is 17.1 Å². The Bertz CT molecular complexity index is 579. The second-order valence-corrected chi connectivity index (χ2v) is 6.30. The predicted molar refractivity (Wildman–Crippen MR) is 89.5 cm³/mol. The van der Waals surface area contributed by atoms with Crippen LogP contribution in [0.4, 0.5) is 0 Å². The molecule has 2 atom stereocenters. The normalized spacial score (nSPS) is 22.5. The lowest BCUT2D eigenvalue weighted by Crippen LogP contribution is -2.40. The molecule has 2 heteroatoms. The van der Waals surface area contributed by atoms with Crippen LogP contribution in [0.25, 0.3) is 10.9 Å². The van der Waals surface area contributed by atoms with Crippen molar-refractivity contribution in [1.82, 2.24) is 10.3 Å². The molecule has 0 amide bonds. The summed E-state index contributed by atoms with van der Waals surface area (Å²) in [7, 11) is 0. The number of aromatic nitrogens is 1. The molecular formula is C19H26N2. The Morgan fingerprint density at radius 2 is 1.95 bits per heavy atom. The average Bonchev–Trinajstić information content (AvgIpc) is 2.54. The van der Waals surface area contributed by atoms with Crippen molar-refractivity contribution in [2.24, 2.45) is 5.92 Å². The van der Waals surface area contributed by atoms with Crippen LogP contribution >= 0.6 is 0 Å². The summed E-state index contributed by atoms with van der Waals surface area (Å²) >= 11 is 0. The quantitative estimate of drug-likeness (QED) is 0.882. The van der Waals surface area contributed by atoms with Crippen molar-refractivity contribution in [2.45, 2.75) is 51.5 Å². The smallest absolute Gasteiger partial charge is 0.0705 e. The van der Waals surface area contributed by atoms with E-state index in [9.17, 15) is 0 Å². The molecule has 1 aromatic carbocycles. The zero-order valence-electron chi connectivity index (χ0n) is 13.0. The van der Waals surface area contributed by atoms with Crippen LogP contribution in [-0.4, -0.2) is 17.6 Å². The van der Waals surface area contributed by atoms with E-state index in [0.29, 0.717) is 6.04 Å². The molecule has 1 heterocycles. The van der Waals surface area contributed by atoms with E-state index < -0.39 is 0 Å². The third-order valence-corrected chi connectivity index (χ3v) is 4.69. The summed E-state index contributed by atoms with van der Waals surface area (Å²) in [4.78, 5) is 4.86. The first-order chi connectivity index (χ1) is 10.4. The fourth-order valence-electron chi connectivity index (χ4n) is 3.54. The zero-order chi connectivity index (χ0) is 14.5. The van der Waals surface area contributed by atoms with Crippen LogP contribution < -0.4 is 5.32 Å². The third-order valence-electron chi connectivity index (χ3n) is 4.69. The highest BCUT2D eigenvalue weighted by Gasteiger charge is 2.24. The molecule has 2 aromatic rings. The van der Waals surface area contributed by atoms with Gasteiger partial charge in [0.2, 0.25) is 0 Å². The molecule has 0 saturated heterocycles. The molecule has 21 heavy (non-hydrogen) atoms. The third kappa shape index (κ3) is 3.62. The number of para-hydroxylation sites is 1. The topological polar surface area (TPSA) is 24.9 Å². The molecule has 1 aromatic heterocycles. The fourth-order valence-corrected chi connectivity index (χ4v) is 3.54. The molecule has 1 N–H and O–H groups in total. The van der Waals surface area contributed by atoms with Gasteiger partial charge < -0.3 is 5.32 Å². The monoisotopic (exact) mass is 282 g/mol. The summed E-state index contributed by atoms with van der Waals surface area (Å²) in [6, 6.07) is 13.5. The Balaban J connectivity index is 1.72. The van der Waals surface area contributed by atoms with E-state index in [4.69, 9.17) is 4.98 Å². The highest BCUT2D eigenvalue weighted by Crippen LogP contribution is 2.27. The van der Waals surface area contributed by atoms with Crippen LogP contribution in [0, 0.1) is 5.92 Å². The molecular weight excluding hydrogens is 256 g/mol. The number of fused-ring (bicyclic) bond motifs is 1. The standard InChI is InChI=1S/C19H26N2/c1-2-13-20-18-9-5-4-8-16(18)14-17-12-11-15-7-3-6-10-19(15)21-17/h3,6-7,10-12,16,18,20H,2,4-5,8-9,13-14H2,1H3. The summed E-state index contributed by atoms with van der Waals surface area (Å²) in [5.74, 6) is 0.749. The molecule has 0 radical (unpaired) electrons. The Morgan fingerprint density at radius 1 is 1.10 bits per heavy atom. The van der Waals surface area contributed by atoms with Gasteiger partial charge in [-0.2, -0.15) is 0 Å². The summed E-state index contributed by atoms with van der Waals surface area (Å²) in [5.41, 5.74) is 2.38. The highest BCUT2D eigenvalue weighted by molar-refractivity contribution is 5.78. The molecule has 1 aliphatic carbocycles. The van der Waals surface area contributed by atoms with E-state index in [1.165, 1.54) is 43.2 Å². The van der Waals surface area contributed by atoms with Gasteiger partial charge >= 0.3 is 0 Å². The van der Waals surface area contributed by atoms with Crippen molar-refractivity contribution < 1.29 is 0 Å². The van der Waals surface area contributed by atoms with Crippen LogP contribution in [0.3, 0.4) is 0 Å². The van der Waals surface area contributed by atoms with Crippen molar-refractivity contribution in [3.05, 3.63) is 42.1 Å². The number of hydrogen-bond acceptors (Lipinski definition) is 2. The van der Waals surface area contributed by atoms with Crippen LogP contribution in [0.5, 0.6) is 0 Å². The van der Waals surface area contributed by atoms with E-state index in [1.807, 2.05) is 0 Å². The lowest BCUT2D eigenvalue weighted by atomic mass is 9.81. The second kappa shape index (κ2) is 7.04. The molecule has 2 unspecified atom stereocenters. The number of rotatable bonds is 5. The van der Waals surface area contributed by atoms with Gasteiger partial charge in [-0.3, -0.25) is 4.98 Å². The van der Waals surface area contributed by atoms with Gasteiger partial charge in [0.1, 0.15) is 0 Å². The van der Waals surface area contributed by atoms with Gasteiger partial charge in [0.05, 0.1) is 5.52 Å². The van der Waals surface area contributed by atoms with E-state index in [-0.39, 0.29) is 0 Å². The van der Waals surface area contributed by atoms with Crippen LogP contribution in [0.2, 0.25) is 0 Å².